The number of imide groups is 1. The first-order valence-corrected chi connectivity index (χ1v) is 10.9. The summed E-state index contributed by atoms with van der Waals surface area (Å²) in [5.74, 6) is 1.67. The molecule has 2 amide bonds. The van der Waals surface area contributed by atoms with Crippen LogP contribution in [-0.2, 0) is 4.79 Å². The number of nitrogens with zero attached hydrogens (tertiary/aromatic N) is 2. The van der Waals surface area contributed by atoms with Crippen molar-refractivity contribution in [2.24, 2.45) is 0 Å². The lowest BCUT2D eigenvalue weighted by Crippen LogP contribution is -2.25. The number of hydrogen-bond donors (Lipinski definition) is 1. The van der Waals surface area contributed by atoms with Gasteiger partial charge >= 0.3 is 0 Å². The zero-order valence-corrected chi connectivity index (χ0v) is 18.5. The van der Waals surface area contributed by atoms with Crippen LogP contribution < -0.4 is 19.7 Å². The maximum Gasteiger partial charge on any atom is 0.290 e. The molecule has 33 heavy (non-hydrogen) atoms. The van der Waals surface area contributed by atoms with Crippen LogP contribution in [0.5, 0.6) is 17.2 Å². The number of nitrogens with one attached hydrogen (secondary N) is 1. The summed E-state index contributed by atoms with van der Waals surface area (Å²) < 4.78 is 24.8. The van der Waals surface area contributed by atoms with Crippen molar-refractivity contribution < 1.29 is 23.5 Å². The van der Waals surface area contributed by atoms with E-state index in [4.69, 9.17) is 9.47 Å². The standard InChI is InChI=1S/C24H20FN3O4S/c1-28(22-20(3-2-12-26-22)32-19-10-6-17(25)7-11-19)13-14-31-18-8-4-16(5-9-18)15-21-23(29)27-24(30)33-21/h2-12,15H,13-14H2,1H3,(H,27,29,30)/b21-15-. The zero-order chi connectivity index (χ0) is 23.2. The van der Waals surface area contributed by atoms with Gasteiger partial charge in [0.25, 0.3) is 11.1 Å². The van der Waals surface area contributed by atoms with Gasteiger partial charge in [0.2, 0.25) is 0 Å². The molecule has 2 aromatic carbocycles. The number of rotatable bonds is 8. The third-order valence-corrected chi connectivity index (χ3v) is 5.48. The molecule has 0 radical (unpaired) electrons. The molecule has 0 atom stereocenters. The summed E-state index contributed by atoms with van der Waals surface area (Å²) in [5.41, 5.74) is 0.794. The molecule has 1 fully saturated rings. The van der Waals surface area contributed by atoms with Crippen molar-refractivity contribution in [1.82, 2.24) is 10.3 Å². The van der Waals surface area contributed by atoms with E-state index in [1.54, 1.807) is 48.7 Å². The molecule has 0 bridgehead atoms. The number of thioether (sulfide) groups is 1. The highest BCUT2D eigenvalue weighted by Gasteiger charge is 2.24. The van der Waals surface area contributed by atoms with Gasteiger partial charge < -0.3 is 14.4 Å². The molecule has 0 unspecified atom stereocenters. The van der Waals surface area contributed by atoms with E-state index in [-0.39, 0.29) is 17.0 Å². The average molecular weight is 466 g/mol. The first-order chi connectivity index (χ1) is 16.0. The van der Waals surface area contributed by atoms with Crippen LogP contribution >= 0.6 is 11.8 Å². The molecule has 0 aliphatic carbocycles. The average Bonchev–Trinajstić information content (AvgIpc) is 3.13. The molecule has 1 N–H and O–H groups in total. The van der Waals surface area contributed by atoms with Crippen molar-refractivity contribution in [3.63, 3.8) is 0 Å². The molecule has 0 saturated carbocycles. The number of carbonyl (C=O) groups is 2. The number of hydrogen-bond acceptors (Lipinski definition) is 7. The Morgan fingerprint density at radius 3 is 2.48 bits per heavy atom. The van der Waals surface area contributed by atoms with Crippen LogP contribution in [0.2, 0.25) is 0 Å². The quantitative estimate of drug-likeness (QED) is 0.476. The topological polar surface area (TPSA) is 80.8 Å². The van der Waals surface area contributed by atoms with Gasteiger partial charge in [-0.2, -0.15) is 0 Å². The Hall–Kier alpha value is -3.85. The van der Waals surface area contributed by atoms with Crippen molar-refractivity contribution in [1.29, 1.82) is 0 Å². The van der Waals surface area contributed by atoms with Crippen molar-refractivity contribution in [2.45, 2.75) is 0 Å². The van der Waals surface area contributed by atoms with Gasteiger partial charge in [-0.05, 0) is 71.9 Å². The van der Waals surface area contributed by atoms with E-state index in [1.807, 2.05) is 24.1 Å². The Morgan fingerprint density at radius 1 is 1.06 bits per heavy atom. The minimum atomic E-state index is -0.384. The van der Waals surface area contributed by atoms with Crippen LogP contribution in [0.3, 0.4) is 0 Å². The maximum atomic E-state index is 13.1. The lowest BCUT2D eigenvalue weighted by atomic mass is 10.2. The first-order valence-electron chi connectivity index (χ1n) is 10.1. The maximum absolute atomic E-state index is 13.1. The fourth-order valence-corrected chi connectivity index (χ4v) is 3.70. The Balaban J connectivity index is 1.33. The highest BCUT2D eigenvalue weighted by molar-refractivity contribution is 8.18. The number of pyridine rings is 1. The second-order valence-electron chi connectivity index (χ2n) is 7.07. The molecule has 0 spiro atoms. The molecule has 4 rings (SSSR count). The van der Waals surface area contributed by atoms with Gasteiger partial charge in [-0.3, -0.25) is 14.9 Å². The number of anilines is 1. The molecule has 1 aliphatic rings. The molecular weight excluding hydrogens is 445 g/mol. The summed E-state index contributed by atoms with van der Waals surface area (Å²) in [5, 5.41) is 1.86. The summed E-state index contributed by atoms with van der Waals surface area (Å²) in [6.45, 7) is 0.942. The summed E-state index contributed by atoms with van der Waals surface area (Å²) in [6, 6.07) is 16.6. The monoisotopic (exact) mass is 465 g/mol. The Labute approximate surface area is 194 Å². The summed E-state index contributed by atoms with van der Waals surface area (Å²) >= 11 is 0.882. The molecule has 3 aromatic rings. The smallest absolute Gasteiger partial charge is 0.290 e. The number of halogens is 1. The summed E-state index contributed by atoms with van der Waals surface area (Å²) in [6.07, 6.45) is 3.33. The lowest BCUT2D eigenvalue weighted by molar-refractivity contribution is -0.115. The molecular formula is C24H20FN3O4S. The van der Waals surface area contributed by atoms with Crippen LogP contribution in [0.15, 0.2) is 71.8 Å². The Kier molecular flexibility index (Phi) is 6.89. The molecule has 1 aromatic heterocycles. The van der Waals surface area contributed by atoms with Crippen molar-refractivity contribution in [3.05, 3.63) is 83.1 Å². The van der Waals surface area contributed by atoms with Crippen LogP contribution in [-0.4, -0.2) is 36.3 Å². The number of aromatic nitrogens is 1. The van der Waals surface area contributed by atoms with E-state index >= 15 is 0 Å². The van der Waals surface area contributed by atoms with Crippen LogP contribution in [0, 0.1) is 5.82 Å². The fraction of sp³-hybridized carbons (Fsp3) is 0.125. The Morgan fingerprint density at radius 2 is 1.79 bits per heavy atom. The Bertz CT molecular complexity index is 1180. The normalized spacial score (nSPS) is 14.3. The van der Waals surface area contributed by atoms with Crippen LogP contribution in [0.1, 0.15) is 5.56 Å². The van der Waals surface area contributed by atoms with Gasteiger partial charge in [0.15, 0.2) is 11.6 Å². The number of likely N-dealkylation sites (N-methyl/N-ethyl adjacent to an activating group) is 1. The lowest BCUT2D eigenvalue weighted by Gasteiger charge is -2.21. The summed E-state index contributed by atoms with van der Waals surface area (Å²) in [7, 11) is 1.88. The van der Waals surface area contributed by atoms with E-state index in [2.05, 4.69) is 10.3 Å². The van der Waals surface area contributed by atoms with Gasteiger partial charge in [-0.25, -0.2) is 9.37 Å². The van der Waals surface area contributed by atoms with Crippen molar-refractivity contribution in [3.8, 4) is 17.2 Å². The van der Waals surface area contributed by atoms with E-state index in [1.165, 1.54) is 12.1 Å². The van der Waals surface area contributed by atoms with Gasteiger partial charge in [-0.15, -0.1) is 0 Å². The molecule has 168 valence electrons. The third kappa shape index (κ3) is 5.89. The minimum Gasteiger partial charge on any atom is -0.492 e. The predicted octanol–water partition coefficient (Wildman–Crippen LogP) is 4.85. The summed E-state index contributed by atoms with van der Waals surface area (Å²) in [4.78, 5) is 29.6. The number of carbonyl (C=O) groups excluding carboxylic acids is 2. The molecule has 9 heteroatoms. The van der Waals surface area contributed by atoms with Crippen molar-refractivity contribution >= 4 is 34.8 Å². The first kappa shape index (κ1) is 22.3. The van der Waals surface area contributed by atoms with E-state index in [0.717, 1.165) is 17.3 Å². The molecule has 1 saturated heterocycles. The highest BCUT2D eigenvalue weighted by Crippen LogP contribution is 2.30. The third-order valence-electron chi connectivity index (χ3n) is 4.67. The van der Waals surface area contributed by atoms with Crippen molar-refractivity contribution in [2.75, 3.05) is 25.1 Å². The highest BCUT2D eigenvalue weighted by atomic mass is 32.2. The number of benzene rings is 2. The fourth-order valence-electron chi connectivity index (χ4n) is 3.02. The van der Waals surface area contributed by atoms with Gasteiger partial charge in [0.1, 0.15) is 23.9 Å². The van der Waals surface area contributed by atoms with Gasteiger partial charge in [0.05, 0.1) is 11.4 Å². The second-order valence-corrected chi connectivity index (χ2v) is 8.09. The largest absolute Gasteiger partial charge is 0.492 e. The number of amides is 2. The van der Waals surface area contributed by atoms with E-state index in [9.17, 15) is 14.0 Å². The zero-order valence-electron chi connectivity index (χ0n) is 17.7. The molecule has 2 heterocycles. The predicted molar refractivity (Wildman–Crippen MR) is 125 cm³/mol. The van der Waals surface area contributed by atoms with Gasteiger partial charge in [0, 0.05) is 13.2 Å². The SMILES string of the molecule is CN(CCOc1ccc(/C=C2\SC(=O)NC2=O)cc1)c1ncccc1Oc1ccc(F)cc1. The number of ether oxygens (including phenoxy) is 2. The molecule has 7 nitrogen and oxygen atoms in total. The van der Waals surface area contributed by atoms with Crippen LogP contribution in [0.4, 0.5) is 15.0 Å². The molecule has 1 aliphatic heterocycles. The minimum absolute atomic E-state index is 0.328. The van der Waals surface area contributed by atoms with Gasteiger partial charge in [-0.1, -0.05) is 12.1 Å². The second kappa shape index (κ2) is 10.2. The van der Waals surface area contributed by atoms with E-state index < -0.39 is 0 Å². The van der Waals surface area contributed by atoms with E-state index in [0.29, 0.717) is 41.1 Å². The van der Waals surface area contributed by atoms with Crippen LogP contribution in [0.25, 0.3) is 6.08 Å².